The molecule has 0 saturated heterocycles. The van der Waals surface area contributed by atoms with Gasteiger partial charge in [-0.25, -0.2) is 4.98 Å². The summed E-state index contributed by atoms with van der Waals surface area (Å²) in [6.07, 6.45) is 2.85. The summed E-state index contributed by atoms with van der Waals surface area (Å²) in [7, 11) is 1.79. The van der Waals surface area contributed by atoms with Crippen molar-refractivity contribution in [1.82, 2.24) is 15.6 Å². The van der Waals surface area contributed by atoms with E-state index in [2.05, 4.69) is 32.9 Å². The highest BCUT2D eigenvalue weighted by atomic mass is 35.5. The van der Waals surface area contributed by atoms with E-state index in [1.807, 2.05) is 24.3 Å². The van der Waals surface area contributed by atoms with Crippen LogP contribution in [-0.4, -0.2) is 31.1 Å². The zero-order valence-electron chi connectivity index (χ0n) is 13.6. The molecule has 0 aliphatic carbocycles. The minimum atomic E-state index is 0.771. The molecule has 4 nitrogen and oxygen atoms in total. The van der Waals surface area contributed by atoms with Crippen molar-refractivity contribution < 1.29 is 0 Å². The number of rotatable bonds is 7. The van der Waals surface area contributed by atoms with Crippen molar-refractivity contribution in [3.63, 3.8) is 0 Å². The van der Waals surface area contributed by atoms with Crippen LogP contribution < -0.4 is 10.6 Å². The molecule has 0 radical (unpaired) electrons. The summed E-state index contributed by atoms with van der Waals surface area (Å²) in [6, 6.07) is 7.94. The highest BCUT2D eigenvalue weighted by molar-refractivity contribution is 7.09. The summed E-state index contributed by atoms with van der Waals surface area (Å²) in [6.45, 7) is 3.79. The third kappa shape index (κ3) is 6.20. The van der Waals surface area contributed by atoms with E-state index in [0.717, 1.165) is 49.0 Å². The second-order valence-corrected chi connectivity index (χ2v) is 6.52. The number of nitrogens with one attached hydrogen (secondary N) is 2. The van der Waals surface area contributed by atoms with Gasteiger partial charge in [0.05, 0.1) is 10.7 Å². The fraction of sp³-hybridized carbons (Fsp3) is 0.412. The van der Waals surface area contributed by atoms with Crippen LogP contribution in [0.15, 0.2) is 34.6 Å². The Kier molecular flexibility index (Phi) is 7.36. The van der Waals surface area contributed by atoms with E-state index < -0.39 is 0 Å². The van der Waals surface area contributed by atoms with Crippen LogP contribution in [0.2, 0.25) is 5.02 Å². The van der Waals surface area contributed by atoms with Gasteiger partial charge in [-0.05, 0) is 30.5 Å². The van der Waals surface area contributed by atoms with Crippen LogP contribution in [0.1, 0.15) is 23.2 Å². The molecule has 0 fully saturated rings. The van der Waals surface area contributed by atoms with E-state index in [0.29, 0.717) is 0 Å². The minimum Gasteiger partial charge on any atom is -0.356 e. The molecule has 0 saturated carbocycles. The van der Waals surface area contributed by atoms with Crippen LogP contribution >= 0.6 is 22.9 Å². The molecule has 6 heteroatoms. The van der Waals surface area contributed by atoms with E-state index >= 15 is 0 Å². The molecule has 2 aromatic rings. The maximum absolute atomic E-state index is 5.89. The largest absolute Gasteiger partial charge is 0.356 e. The van der Waals surface area contributed by atoms with Gasteiger partial charge < -0.3 is 10.6 Å². The predicted molar refractivity (Wildman–Crippen MR) is 99.7 cm³/mol. The van der Waals surface area contributed by atoms with Crippen molar-refractivity contribution in [2.45, 2.75) is 26.2 Å². The maximum Gasteiger partial charge on any atom is 0.190 e. The van der Waals surface area contributed by atoms with E-state index in [-0.39, 0.29) is 0 Å². The summed E-state index contributed by atoms with van der Waals surface area (Å²) in [5, 5.41) is 10.8. The highest BCUT2D eigenvalue weighted by Crippen LogP contribution is 2.10. The molecular weight excluding hydrogens is 328 g/mol. The lowest BCUT2D eigenvalue weighted by Gasteiger charge is -2.11. The van der Waals surface area contributed by atoms with Gasteiger partial charge in [-0.1, -0.05) is 30.7 Å². The number of guanidine groups is 1. The summed E-state index contributed by atoms with van der Waals surface area (Å²) in [5.74, 6) is 0.824. The topological polar surface area (TPSA) is 49.3 Å². The lowest BCUT2D eigenvalue weighted by molar-refractivity contribution is 0.776. The highest BCUT2D eigenvalue weighted by Gasteiger charge is 2.02. The van der Waals surface area contributed by atoms with E-state index in [4.69, 9.17) is 11.6 Å². The van der Waals surface area contributed by atoms with Gasteiger partial charge in [0.15, 0.2) is 5.96 Å². The Balaban J connectivity index is 1.67. The second kappa shape index (κ2) is 9.53. The molecule has 1 aromatic carbocycles. The van der Waals surface area contributed by atoms with Gasteiger partial charge in [0, 0.05) is 37.0 Å². The molecule has 1 heterocycles. The fourth-order valence-corrected chi connectivity index (χ4v) is 3.04. The normalized spacial score (nSPS) is 11.5. The molecule has 2 rings (SSSR count). The molecule has 0 bridgehead atoms. The number of benzene rings is 1. The summed E-state index contributed by atoms with van der Waals surface area (Å²) < 4.78 is 0. The average molecular weight is 351 g/mol. The number of hydrogen-bond donors (Lipinski definition) is 2. The van der Waals surface area contributed by atoms with Crippen molar-refractivity contribution in [2.24, 2.45) is 4.99 Å². The van der Waals surface area contributed by atoms with Gasteiger partial charge in [-0.3, -0.25) is 4.99 Å². The zero-order chi connectivity index (χ0) is 16.5. The number of hydrogen-bond acceptors (Lipinski definition) is 3. The number of halogens is 1. The monoisotopic (exact) mass is 350 g/mol. The molecule has 0 spiro atoms. The lowest BCUT2D eigenvalue weighted by atomic mass is 10.1. The van der Waals surface area contributed by atoms with Crippen molar-refractivity contribution in [3.8, 4) is 0 Å². The molecule has 0 unspecified atom stereocenters. The summed E-state index contributed by atoms with van der Waals surface area (Å²) >= 11 is 7.62. The number of aliphatic imine (C=N–C) groups is 1. The molecule has 1 aromatic heterocycles. The fourth-order valence-electron chi connectivity index (χ4n) is 2.13. The predicted octanol–water partition coefficient (Wildman–Crippen LogP) is 3.31. The van der Waals surface area contributed by atoms with E-state index in [1.165, 1.54) is 10.6 Å². The first-order valence-corrected chi connectivity index (χ1v) is 9.09. The Morgan fingerprint density at radius 2 is 1.87 bits per heavy atom. The summed E-state index contributed by atoms with van der Waals surface area (Å²) in [5.41, 5.74) is 2.41. The van der Waals surface area contributed by atoms with Gasteiger partial charge >= 0.3 is 0 Å². The van der Waals surface area contributed by atoms with Crippen LogP contribution in [0.3, 0.4) is 0 Å². The third-order valence-electron chi connectivity index (χ3n) is 3.42. The first-order valence-electron chi connectivity index (χ1n) is 7.83. The standard InChI is InChI=1S/C17H23ClN4S/c1-3-16-22-15(12-23-16)9-11-21-17(19-2)20-10-8-13-4-6-14(18)7-5-13/h4-7,12H,3,8-11H2,1-2H3,(H2,19,20,21). The Hall–Kier alpha value is -1.59. The lowest BCUT2D eigenvalue weighted by Crippen LogP contribution is -2.39. The van der Waals surface area contributed by atoms with Crippen molar-refractivity contribution >= 4 is 28.9 Å². The van der Waals surface area contributed by atoms with Crippen molar-refractivity contribution in [1.29, 1.82) is 0 Å². The molecule has 0 aliphatic heterocycles. The minimum absolute atomic E-state index is 0.771. The molecular formula is C17H23ClN4S. The Labute approximate surface area is 147 Å². The first kappa shape index (κ1) is 17.8. The van der Waals surface area contributed by atoms with Crippen LogP contribution in [0.4, 0.5) is 0 Å². The molecule has 0 aliphatic rings. The smallest absolute Gasteiger partial charge is 0.190 e. The second-order valence-electron chi connectivity index (χ2n) is 5.14. The average Bonchev–Trinajstić information content (AvgIpc) is 3.03. The quantitative estimate of drug-likeness (QED) is 0.595. The van der Waals surface area contributed by atoms with E-state index in [1.54, 1.807) is 18.4 Å². The van der Waals surface area contributed by atoms with Gasteiger partial charge in [0.25, 0.3) is 0 Å². The molecule has 124 valence electrons. The maximum atomic E-state index is 5.89. The molecule has 0 amide bonds. The Bertz CT molecular complexity index is 622. The van der Waals surface area contributed by atoms with Crippen LogP contribution in [0.5, 0.6) is 0 Å². The zero-order valence-corrected chi connectivity index (χ0v) is 15.2. The van der Waals surface area contributed by atoms with Crippen molar-refractivity contribution in [3.05, 3.63) is 50.9 Å². The van der Waals surface area contributed by atoms with Crippen LogP contribution in [0.25, 0.3) is 0 Å². The number of aromatic nitrogens is 1. The van der Waals surface area contributed by atoms with Gasteiger partial charge in [0.1, 0.15) is 0 Å². The van der Waals surface area contributed by atoms with Gasteiger partial charge in [-0.15, -0.1) is 11.3 Å². The van der Waals surface area contributed by atoms with Crippen molar-refractivity contribution in [2.75, 3.05) is 20.1 Å². The Morgan fingerprint density at radius 3 is 2.48 bits per heavy atom. The van der Waals surface area contributed by atoms with Crippen LogP contribution in [0, 0.1) is 0 Å². The number of aryl methyl sites for hydroxylation is 1. The van der Waals surface area contributed by atoms with Gasteiger partial charge in [-0.2, -0.15) is 0 Å². The van der Waals surface area contributed by atoms with Gasteiger partial charge in [0.2, 0.25) is 0 Å². The first-order chi connectivity index (χ1) is 11.2. The van der Waals surface area contributed by atoms with Crippen LogP contribution in [-0.2, 0) is 19.3 Å². The molecule has 0 atom stereocenters. The number of nitrogens with zero attached hydrogens (tertiary/aromatic N) is 2. The molecule has 23 heavy (non-hydrogen) atoms. The third-order valence-corrected chi connectivity index (χ3v) is 4.71. The molecule has 2 N–H and O–H groups in total. The van der Waals surface area contributed by atoms with E-state index in [9.17, 15) is 0 Å². The SMILES string of the molecule is CCc1nc(CCNC(=NC)NCCc2ccc(Cl)cc2)cs1. The Morgan fingerprint density at radius 1 is 1.17 bits per heavy atom. The summed E-state index contributed by atoms with van der Waals surface area (Å²) in [4.78, 5) is 8.81. The number of thiazole rings is 1.